The first-order valence-electron chi connectivity index (χ1n) is 6.78. The van der Waals surface area contributed by atoms with Crippen molar-refractivity contribution in [1.29, 1.82) is 0 Å². The zero-order chi connectivity index (χ0) is 12.8. The third kappa shape index (κ3) is 1.62. The van der Waals surface area contributed by atoms with Gasteiger partial charge in [0.05, 0.1) is 5.69 Å². The van der Waals surface area contributed by atoms with Crippen molar-refractivity contribution in [2.24, 2.45) is 5.41 Å². The molecule has 0 radical (unpaired) electrons. The molecule has 2 bridgehead atoms. The van der Waals surface area contributed by atoms with E-state index in [2.05, 4.69) is 23.5 Å². The van der Waals surface area contributed by atoms with Crippen LogP contribution in [0.15, 0.2) is 24.4 Å². The van der Waals surface area contributed by atoms with Crippen LogP contribution >= 0.6 is 11.6 Å². The number of nitrogens with zero attached hydrogens (tertiary/aromatic N) is 2. The van der Waals surface area contributed by atoms with Gasteiger partial charge in [0.1, 0.15) is 0 Å². The topological polar surface area (TPSA) is 25.8 Å². The van der Waals surface area contributed by atoms with E-state index in [1.165, 1.54) is 37.7 Å². The quantitative estimate of drug-likeness (QED) is 0.600. The number of allylic oxidation sites excluding steroid dienone is 1. The second-order valence-electron chi connectivity index (χ2n) is 5.91. The zero-order valence-electron chi connectivity index (χ0n) is 10.9. The van der Waals surface area contributed by atoms with Crippen molar-refractivity contribution in [3.8, 4) is 0 Å². The minimum Gasteiger partial charge on any atom is -0.227 e. The van der Waals surface area contributed by atoms with Gasteiger partial charge < -0.3 is 0 Å². The first-order chi connectivity index (χ1) is 8.60. The van der Waals surface area contributed by atoms with Crippen molar-refractivity contribution < 1.29 is 0 Å². The number of hydrogen-bond acceptors (Lipinski definition) is 2. The van der Waals surface area contributed by atoms with Crippen LogP contribution in [0.5, 0.6) is 0 Å². The summed E-state index contributed by atoms with van der Waals surface area (Å²) in [6.07, 6.45) is 9.06. The lowest BCUT2D eigenvalue weighted by atomic mass is 9.76. The summed E-state index contributed by atoms with van der Waals surface area (Å²) in [7, 11) is 0. The summed E-state index contributed by atoms with van der Waals surface area (Å²) in [6, 6.07) is 2.04. The average Bonchev–Trinajstić information content (AvgIpc) is 2.96. The molecule has 0 aliphatic heterocycles. The Balaban J connectivity index is 1.94. The fraction of sp³-hybridized carbons (Fsp3) is 0.600. The summed E-state index contributed by atoms with van der Waals surface area (Å²) in [6.45, 7) is 6.53. The van der Waals surface area contributed by atoms with Crippen molar-refractivity contribution in [2.75, 3.05) is 0 Å². The fourth-order valence-electron chi connectivity index (χ4n) is 4.04. The van der Waals surface area contributed by atoms with Gasteiger partial charge >= 0.3 is 0 Å². The third-order valence-electron chi connectivity index (χ3n) is 5.19. The van der Waals surface area contributed by atoms with Gasteiger partial charge in [-0.2, -0.15) is 0 Å². The highest BCUT2D eigenvalue weighted by Gasteiger charge is 2.56. The number of hydrogen-bond donors (Lipinski definition) is 0. The molecule has 3 rings (SSSR count). The molecule has 0 atom stereocenters. The minimum atomic E-state index is 0.241. The zero-order valence-corrected chi connectivity index (χ0v) is 11.6. The largest absolute Gasteiger partial charge is 0.227 e. The van der Waals surface area contributed by atoms with Crippen LogP contribution < -0.4 is 0 Å². The van der Waals surface area contributed by atoms with Crippen LogP contribution in [0.25, 0.3) is 0 Å². The number of fused-ring (bicyclic) bond motifs is 2. The van der Waals surface area contributed by atoms with Crippen LogP contribution in [0.1, 0.15) is 51.1 Å². The van der Waals surface area contributed by atoms with E-state index in [-0.39, 0.29) is 5.41 Å². The Morgan fingerprint density at radius 3 is 2.72 bits per heavy atom. The molecule has 2 saturated carbocycles. The molecule has 2 fully saturated rings. The summed E-state index contributed by atoms with van der Waals surface area (Å²) < 4.78 is 0. The minimum absolute atomic E-state index is 0.241. The Bertz CT molecular complexity index is 487. The molecule has 0 amide bonds. The lowest BCUT2D eigenvalue weighted by Crippen LogP contribution is -2.21. The van der Waals surface area contributed by atoms with Crippen LogP contribution in [0, 0.1) is 5.41 Å². The van der Waals surface area contributed by atoms with Gasteiger partial charge in [0.25, 0.3) is 0 Å². The lowest BCUT2D eigenvalue weighted by molar-refractivity contribution is 0.344. The van der Waals surface area contributed by atoms with Crippen LogP contribution in [0.3, 0.4) is 0 Å². The highest BCUT2D eigenvalue weighted by molar-refractivity contribution is 6.28. The van der Waals surface area contributed by atoms with Crippen LogP contribution in [-0.4, -0.2) is 9.97 Å². The van der Waals surface area contributed by atoms with Gasteiger partial charge in [-0.25, -0.2) is 9.97 Å². The Labute approximate surface area is 113 Å². The average molecular weight is 263 g/mol. The summed E-state index contributed by atoms with van der Waals surface area (Å²) in [5.41, 5.74) is 3.20. The van der Waals surface area contributed by atoms with Gasteiger partial charge in [-0.1, -0.05) is 19.1 Å². The van der Waals surface area contributed by atoms with Crippen molar-refractivity contribution in [3.05, 3.63) is 35.4 Å². The highest BCUT2D eigenvalue weighted by atomic mass is 35.5. The molecule has 0 N–H and O–H groups in total. The van der Waals surface area contributed by atoms with Gasteiger partial charge in [0.2, 0.25) is 5.28 Å². The number of aromatic nitrogens is 2. The molecule has 0 spiro atoms. The Morgan fingerprint density at radius 2 is 2.11 bits per heavy atom. The van der Waals surface area contributed by atoms with Gasteiger partial charge in [0, 0.05) is 11.6 Å². The van der Waals surface area contributed by atoms with Crippen LogP contribution in [0.2, 0.25) is 5.28 Å². The second-order valence-corrected chi connectivity index (χ2v) is 6.24. The molecule has 2 aliphatic carbocycles. The number of halogens is 1. The van der Waals surface area contributed by atoms with E-state index < -0.39 is 0 Å². The van der Waals surface area contributed by atoms with Crippen LogP contribution in [-0.2, 0) is 5.41 Å². The van der Waals surface area contributed by atoms with E-state index in [1.54, 1.807) is 6.20 Å². The van der Waals surface area contributed by atoms with Crippen molar-refractivity contribution in [2.45, 2.75) is 50.9 Å². The van der Waals surface area contributed by atoms with Crippen LogP contribution in [0.4, 0.5) is 0 Å². The maximum absolute atomic E-state index is 5.94. The van der Waals surface area contributed by atoms with E-state index in [1.807, 2.05) is 6.07 Å². The molecule has 1 heterocycles. The molecule has 0 unspecified atom stereocenters. The number of rotatable bonds is 3. The fourth-order valence-corrected chi connectivity index (χ4v) is 4.19. The Morgan fingerprint density at radius 1 is 1.39 bits per heavy atom. The van der Waals surface area contributed by atoms with Gasteiger partial charge in [0.15, 0.2) is 0 Å². The Hall–Kier alpha value is -0.890. The Kier molecular flexibility index (Phi) is 2.74. The molecule has 1 aromatic heterocycles. The molecular formula is C15H19ClN2. The summed E-state index contributed by atoms with van der Waals surface area (Å²) >= 11 is 5.94. The maximum atomic E-state index is 5.94. The lowest BCUT2D eigenvalue weighted by Gasteiger charge is -2.29. The summed E-state index contributed by atoms with van der Waals surface area (Å²) in [5.74, 6) is 0. The predicted octanol–water partition coefficient (Wildman–Crippen LogP) is 4.30. The predicted molar refractivity (Wildman–Crippen MR) is 73.7 cm³/mol. The van der Waals surface area contributed by atoms with Gasteiger partial charge in [-0.3, -0.25) is 0 Å². The maximum Gasteiger partial charge on any atom is 0.222 e. The molecule has 0 aromatic carbocycles. The van der Waals surface area contributed by atoms with Gasteiger partial charge in [-0.15, -0.1) is 0 Å². The molecule has 96 valence electrons. The normalized spacial score (nSPS) is 33.9. The first kappa shape index (κ1) is 12.2. The summed E-state index contributed by atoms with van der Waals surface area (Å²) in [4.78, 5) is 8.46. The monoisotopic (exact) mass is 262 g/mol. The highest BCUT2D eigenvalue weighted by Crippen LogP contribution is 2.64. The molecule has 18 heavy (non-hydrogen) atoms. The van der Waals surface area contributed by atoms with Crippen molar-refractivity contribution in [3.63, 3.8) is 0 Å². The molecular weight excluding hydrogens is 244 g/mol. The molecule has 2 aliphatic rings. The van der Waals surface area contributed by atoms with E-state index in [0.29, 0.717) is 10.7 Å². The smallest absolute Gasteiger partial charge is 0.222 e. The molecule has 3 heteroatoms. The molecule has 0 saturated heterocycles. The molecule has 1 aromatic rings. The van der Waals surface area contributed by atoms with Crippen molar-refractivity contribution >= 4 is 11.6 Å². The third-order valence-corrected chi connectivity index (χ3v) is 5.37. The van der Waals surface area contributed by atoms with Gasteiger partial charge in [-0.05, 0) is 61.6 Å². The van der Waals surface area contributed by atoms with E-state index in [9.17, 15) is 0 Å². The van der Waals surface area contributed by atoms with Crippen molar-refractivity contribution in [1.82, 2.24) is 9.97 Å². The SMILES string of the molecule is C=C(CC)C12CCC(c3ccnc(Cl)n3)(CC1)C2. The standard InChI is InChI=1S/C15H19ClN2/c1-3-11(2)14-5-7-15(10-14,8-6-14)12-4-9-17-13(16)18-12/h4,9H,2-3,5-8,10H2,1H3. The molecule has 2 nitrogen and oxygen atoms in total. The van der Waals surface area contributed by atoms with E-state index >= 15 is 0 Å². The second kappa shape index (κ2) is 4.06. The summed E-state index contributed by atoms with van der Waals surface area (Å²) in [5, 5.41) is 0.376. The first-order valence-corrected chi connectivity index (χ1v) is 7.15. The van der Waals surface area contributed by atoms with E-state index in [4.69, 9.17) is 11.6 Å². The van der Waals surface area contributed by atoms with E-state index in [0.717, 1.165) is 12.1 Å².